The number of hydrogen-bond acceptors (Lipinski definition) is 2. The Morgan fingerprint density at radius 2 is 1.94 bits per heavy atom. The van der Waals surface area contributed by atoms with E-state index in [1.54, 1.807) is 10.9 Å². The van der Waals surface area contributed by atoms with E-state index in [4.69, 9.17) is 0 Å². The maximum absolute atomic E-state index is 2.64. The highest BCUT2D eigenvalue weighted by molar-refractivity contribution is 7.45. The van der Waals surface area contributed by atoms with Crippen molar-refractivity contribution >= 4 is 14.0 Å². The van der Waals surface area contributed by atoms with Crippen molar-refractivity contribution in [2.75, 3.05) is 26.2 Å². The lowest BCUT2D eigenvalue weighted by Gasteiger charge is -2.24. The molecule has 2 atom stereocenters. The topological polar surface area (TPSA) is 6.48 Å². The second-order valence-electron chi connectivity index (χ2n) is 5.12. The summed E-state index contributed by atoms with van der Waals surface area (Å²) in [6, 6.07) is 9.54. The largest absolute Gasteiger partial charge is 0.302 e. The Labute approximate surface area is 106 Å². The Balaban J connectivity index is 1.59. The van der Waals surface area contributed by atoms with E-state index in [1.807, 2.05) is 0 Å². The minimum atomic E-state index is 0.618. The van der Waals surface area contributed by atoms with Crippen molar-refractivity contribution in [3.63, 3.8) is 0 Å². The summed E-state index contributed by atoms with van der Waals surface area (Å²) in [6.07, 6.45) is 2.80. The molecule has 0 aliphatic carbocycles. The van der Waals surface area contributed by atoms with Gasteiger partial charge in [0.15, 0.2) is 0 Å². The Bertz CT molecular complexity index is 388. The third-order valence-corrected chi connectivity index (χ3v) is 5.59. The average Bonchev–Trinajstić information content (AvgIpc) is 2.96. The van der Waals surface area contributed by atoms with Gasteiger partial charge in [0, 0.05) is 19.1 Å². The maximum atomic E-state index is 2.64. The van der Waals surface area contributed by atoms with Crippen LogP contribution in [-0.2, 0) is 0 Å². The van der Waals surface area contributed by atoms with Crippen LogP contribution in [0.1, 0.15) is 31.4 Å². The zero-order chi connectivity index (χ0) is 11.7. The highest BCUT2D eigenvalue weighted by atomic mass is 31.1. The van der Waals surface area contributed by atoms with Crippen molar-refractivity contribution in [3.05, 3.63) is 29.8 Å². The second-order valence-corrected chi connectivity index (χ2v) is 6.45. The third kappa shape index (κ3) is 2.40. The Morgan fingerprint density at radius 3 is 2.71 bits per heavy atom. The van der Waals surface area contributed by atoms with Gasteiger partial charge in [0.25, 0.3) is 0 Å². The van der Waals surface area contributed by atoms with E-state index in [1.165, 1.54) is 39.0 Å². The van der Waals surface area contributed by atoms with E-state index in [9.17, 15) is 0 Å². The predicted octanol–water partition coefficient (Wildman–Crippen LogP) is 2.38. The fraction of sp³-hybridized carbons (Fsp3) is 0.571. The van der Waals surface area contributed by atoms with Gasteiger partial charge < -0.3 is 4.90 Å². The molecule has 0 aromatic heterocycles. The molecule has 0 bridgehead atoms. The molecule has 92 valence electrons. The summed E-state index contributed by atoms with van der Waals surface area (Å²) in [5.41, 5.74) is 1.55. The molecular weight excluding hydrogens is 227 g/mol. The lowest BCUT2D eigenvalue weighted by Crippen LogP contribution is -2.29. The molecule has 2 unspecified atom stereocenters. The van der Waals surface area contributed by atoms with Gasteiger partial charge in [-0.2, -0.15) is 0 Å². The first-order chi connectivity index (χ1) is 8.34. The van der Waals surface area contributed by atoms with Crippen LogP contribution in [0.15, 0.2) is 24.3 Å². The Morgan fingerprint density at radius 1 is 1.18 bits per heavy atom. The van der Waals surface area contributed by atoms with Crippen LogP contribution in [0.25, 0.3) is 0 Å². The molecule has 1 saturated heterocycles. The Kier molecular flexibility index (Phi) is 3.46. The molecule has 0 N–H and O–H groups in total. The zero-order valence-electron chi connectivity index (χ0n) is 10.5. The van der Waals surface area contributed by atoms with Gasteiger partial charge in [0.05, 0.1) is 0 Å². The van der Waals surface area contributed by atoms with Crippen LogP contribution >= 0.6 is 8.73 Å². The normalized spacial score (nSPS) is 26.8. The third-order valence-electron chi connectivity index (χ3n) is 4.00. The molecule has 0 spiro atoms. The van der Waals surface area contributed by atoms with Crippen LogP contribution < -0.4 is 5.30 Å². The van der Waals surface area contributed by atoms with Crippen LogP contribution in [0.2, 0.25) is 0 Å². The molecule has 1 aromatic carbocycles. The minimum absolute atomic E-state index is 0.618. The second kappa shape index (κ2) is 5.06. The van der Waals surface area contributed by atoms with Gasteiger partial charge in [-0.15, -0.1) is 0 Å². The first-order valence-electron chi connectivity index (χ1n) is 6.69. The molecule has 3 heteroatoms. The average molecular weight is 248 g/mol. The van der Waals surface area contributed by atoms with Crippen LogP contribution in [0.4, 0.5) is 0 Å². The van der Waals surface area contributed by atoms with Gasteiger partial charge >= 0.3 is 0 Å². The molecule has 1 aromatic rings. The van der Waals surface area contributed by atoms with Crippen molar-refractivity contribution in [1.82, 2.24) is 9.57 Å². The lowest BCUT2D eigenvalue weighted by atomic mass is 10.1. The lowest BCUT2D eigenvalue weighted by molar-refractivity contribution is 0.283. The standard InChI is InChI=1S/C14H21N2P/c1-12-13-6-2-3-7-14(13)17-16(12)11-10-15-8-4-5-9-15/h2-3,6-7,12,17H,4-5,8-11H2,1H3. The Hall–Kier alpha value is -0.430. The summed E-state index contributed by atoms with van der Waals surface area (Å²) in [6.45, 7) is 7.47. The van der Waals surface area contributed by atoms with Crippen molar-refractivity contribution in [1.29, 1.82) is 0 Å². The molecule has 2 heterocycles. The number of hydrogen-bond donors (Lipinski definition) is 0. The number of rotatable bonds is 3. The highest BCUT2D eigenvalue weighted by Crippen LogP contribution is 2.38. The van der Waals surface area contributed by atoms with Crippen LogP contribution in [0, 0.1) is 0 Å². The monoisotopic (exact) mass is 248 g/mol. The molecule has 2 aliphatic heterocycles. The van der Waals surface area contributed by atoms with Gasteiger partial charge in [0.2, 0.25) is 0 Å². The smallest absolute Gasteiger partial charge is 0.0364 e. The van der Waals surface area contributed by atoms with E-state index in [2.05, 4.69) is 40.8 Å². The predicted molar refractivity (Wildman–Crippen MR) is 75.2 cm³/mol. The summed E-state index contributed by atoms with van der Waals surface area (Å²) < 4.78 is 2.64. The van der Waals surface area contributed by atoms with E-state index < -0.39 is 0 Å². The van der Waals surface area contributed by atoms with Crippen LogP contribution in [0.5, 0.6) is 0 Å². The van der Waals surface area contributed by atoms with Crippen LogP contribution in [-0.4, -0.2) is 35.7 Å². The number of fused-ring (bicyclic) bond motifs is 1. The van der Waals surface area contributed by atoms with Gasteiger partial charge in [-0.3, -0.25) is 4.67 Å². The maximum Gasteiger partial charge on any atom is 0.0364 e. The van der Waals surface area contributed by atoms with E-state index in [-0.39, 0.29) is 0 Å². The number of likely N-dealkylation sites (tertiary alicyclic amines) is 1. The zero-order valence-corrected chi connectivity index (χ0v) is 11.5. The van der Waals surface area contributed by atoms with Crippen molar-refractivity contribution in [2.24, 2.45) is 0 Å². The van der Waals surface area contributed by atoms with Crippen molar-refractivity contribution in [2.45, 2.75) is 25.8 Å². The molecule has 0 saturated carbocycles. The first-order valence-corrected chi connectivity index (χ1v) is 7.64. The van der Waals surface area contributed by atoms with Crippen molar-refractivity contribution < 1.29 is 0 Å². The van der Waals surface area contributed by atoms with Gasteiger partial charge in [-0.25, -0.2) is 0 Å². The van der Waals surface area contributed by atoms with E-state index >= 15 is 0 Å². The number of nitrogens with zero attached hydrogens (tertiary/aromatic N) is 2. The quantitative estimate of drug-likeness (QED) is 0.758. The van der Waals surface area contributed by atoms with Gasteiger partial charge in [-0.1, -0.05) is 24.3 Å². The molecule has 2 aliphatic rings. The van der Waals surface area contributed by atoms with Gasteiger partial charge in [-0.05, 0) is 52.5 Å². The molecule has 17 heavy (non-hydrogen) atoms. The summed E-state index contributed by atoms with van der Waals surface area (Å²) in [5, 5.41) is 1.56. The van der Waals surface area contributed by atoms with Gasteiger partial charge in [0.1, 0.15) is 0 Å². The molecule has 1 fully saturated rings. The number of benzene rings is 1. The van der Waals surface area contributed by atoms with E-state index in [0.717, 1.165) is 8.73 Å². The summed E-state index contributed by atoms with van der Waals surface area (Å²) >= 11 is 0. The minimum Gasteiger partial charge on any atom is -0.302 e. The highest BCUT2D eigenvalue weighted by Gasteiger charge is 2.26. The first kappa shape index (κ1) is 11.6. The van der Waals surface area contributed by atoms with Crippen molar-refractivity contribution in [3.8, 4) is 0 Å². The molecular formula is C14H21N2P. The fourth-order valence-electron chi connectivity index (χ4n) is 2.89. The fourth-order valence-corrected chi connectivity index (χ4v) is 4.33. The van der Waals surface area contributed by atoms with Crippen LogP contribution in [0.3, 0.4) is 0 Å². The summed E-state index contributed by atoms with van der Waals surface area (Å²) in [7, 11) is 0.881. The molecule has 3 rings (SSSR count). The molecule has 0 radical (unpaired) electrons. The SMILES string of the molecule is CC1c2ccccc2PN1CCN1CCCC1. The van der Waals surface area contributed by atoms with E-state index in [0.29, 0.717) is 6.04 Å². The summed E-state index contributed by atoms with van der Waals surface area (Å²) in [4.78, 5) is 2.61. The molecule has 0 amide bonds. The molecule has 2 nitrogen and oxygen atoms in total. The summed E-state index contributed by atoms with van der Waals surface area (Å²) in [5.74, 6) is 0.